The number of rotatable bonds is 5. The summed E-state index contributed by atoms with van der Waals surface area (Å²) in [5.41, 5.74) is -0.403. The van der Waals surface area contributed by atoms with E-state index in [2.05, 4.69) is 20.7 Å². The number of aromatic nitrogens is 3. The minimum Gasteiger partial charge on any atom is -0.481 e. The summed E-state index contributed by atoms with van der Waals surface area (Å²) in [5.74, 6) is -0.285. The lowest BCUT2D eigenvalue weighted by Gasteiger charge is -2.35. The van der Waals surface area contributed by atoms with Gasteiger partial charge < -0.3 is 10.4 Å². The quantitative estimate of drug-likeness (QED) is 0.760. The molecule has 1 amide bonds. The van der Waals surface area contributed by atoms with Gasteiger partial charge in [0.2, 0.25) is 5.91 Å². The molecule has 3 aliphatic rings. The van der Waals surface area contributed by atoms with Crippen LogP contribution in [0.2, 0.25) is 0 Å². The standard InChI is InChI=1S/C17H24N4O3/c22-14(16(4-1-2-5-16)9-12-10-18-21-20-12)19-13-7-11-3-6-17(13,8-11)15(23)24/h10-11,13H,1-9H2,(H,19,22)(H,23,24)(H,18,20,21). The Labute approximate surface area is 140 Å². The molecule has 2 bridgehead atoms. The number of carbonyl (C=O) groups excluding carboxylic acids is 1. The van der Waals surface area contributed by atoms with Crippen LogP contribution in [0.4, 0.5) is 0 Å². The minimum atomic E-state index is -0.746. The summed E-state index contributed by atoms with van der Waals surface area (Å²) in [6, 6.07) is -0.226. The van der Waals surface area contributed by atoms with E-state index in [1.807, 2.05) is 0 Å². The van der Waals surface area contributed by atoms with E-state index in [0.717, 1.165) is 44.2 Å². The molecule has 3 aliphatic carbocycles. The molecule has 3 saturated carbocycles. The normalized spacial score (nSPS) is 33.7. The maximum Gasteiger partial charge on any atom is 0.311 e. The first-order valence-corrected chi connectivity index (χ1v) is 8.93. The summed E-state index contributed by atoms with van der Waals surface area (Å²) in [6.45, 7) is 0. The van der Waals surface area contributed by atoms with E-state index >= 15 is 0 Å². The Kier molecular flexibility index (Phi) is 3.62. The van der Waals surface area contributed by atoms with Gasteiger partial charge in [-0.1, -0.05) is 12.8 Å². The van der Waals surface area contributed by atoms with E-state index in [9.17, 15) is 14.7 Å². The van der Waals surface area contributed by atoms with E-state index in [1.165, 1.54) is 0 Å². The number of carboxylic acid groups (broad SMARTS) is 1. The molecule has 1 aromatic heterocycles. The van der Waals surface area contributed by atoms with Gasteiger partial charge in [0.1, 0.15) is 0 Å². The van der Waals surface area contributed by atoms with Gasteiger partial charge in [-0.3, -0.25) is 9.59 Å². The number of aliphatic carboxylic acids is 1. The van der Waals surface area contributed by atoms with Crippen molar-refractivity contribution in [1.82, 2.24) is 20.7 Å². The lowest BCUT2D eigenvalue weighted by molar-refractivity contribution is -0.150. The van der Waals surface area contributed by atoms with Gasteiger partial charge in [0, 0.05) is 12.5 Å². The molecule has 1 heterocycles. The summed E-state index contributed by atoms with van der Waals surface area (Å²) in [5, 5.41) is 23.4. The molecule has 4 rings (SSSR count). The molecule has 7 heteroatoms. The van der Waals surface area contributed by atoms with Crippen LogP contribution in [0.3, 0.4) is 0 Å². The topological polar surface area (TPSA) is 108 Å². The molecule has 3 N–H and O–H groups in total. The van der Waals surface area contributed by atoms with Crippen LogP contribution in [0.15, 0.2) is 6.20 Å². The van der Waals surface area contributed by atoms with Crippen LogP contribution >= 0.6 is 0 Å². The molecule has 0 spiro atoms. The van der Waals surface area contributed by atoms with Crippen LogP contribution in [-0.4, -0.2) is 38.4 Å². The number of hydrogen-bond donors (Lipinski definition) is 3. The first-order valence-electron chi connectivity index (χ1n) is 8.93. The Morgan fingerprint density at radius 2 is 2.12 bits per heavy atom. The SMILES string of the molecule is O=C(NC1CC2CCC1(C(=O)O)C2)C1(Cc2cn[nH]n2)CCCC1. The van der Waals surface area contributed by atoms with Crippen molar-refractivity contribution in [3.8, 4) is 0 Å². The zero-order chi connectivity index (χ0) is 16.8. The Hall–Kier alpha value is -1.92. The number of nitrogens with zero attached hydrogens (tertiary/aromatic N) is 2. The van der Waals surface area contributed by atoms with Crippen molar-refractivity contribution in [1.29, 1.82) is 0 Å². The number of H-pyrrole nitrogens is 1. The predicted octanol–water partition coefficient (Wildman–Crippen LogP) is 1.67. The van der Waals surface area contributed by atoms with Crippen molar-refractivity contribution >= 4 is 11.9 Å². The number of carbonyl (C=O) groups is 2. The Morgan fingerprint density at radius 1 is 1.33 bits per heavy atom. The number of nitrogens with one attached hydrogen (secondary N) is 2. The fourth-order valence-corrected chi connectivity index (χ4v) is 5.30. The lowest BCUT2D eigenvalue weighted by atomic mass is 9.77. The summed E-state index contributed by atoms with van der Waals surface area (Å²) in [6.07, 6.45) is 9.16. The van der Waals surface area contributed by atoms with E-state index in [0.29, 0.717) is 25.2 Å². The van der Waals surface area contributed by atoms with Gasteiger partial charge in [-0.05, 0) is 44.4 Å². The molecule has 3 atom stereocenters. The highest BCUT2D eigenvalue weighted by atomic mass is 16.4. The molecular formula is C17H24N4O3. The minimum absolute atomic E-state index is 0.0150. The molecule has 130 valence electrons. The van der Waals surface area contributed by atoms with Crippen LogP contribution in [0.5, 0.6) is 0 Å². The van der Waals surface area contributed by atoms with Crippen molar-refractivity contribution in [2.24, 2.45) is 16.7 Å². The monoisotopic (exact) mass is 332 g/mol. The van der Waals surface area contributed by atoms with Crippen LogP contribution in [-0.2, 0) is 16.0 Å². The number of fused-ring (bicyclic) bond motifs is 2. The molecular weight excluding hydrogens is 308 g/mol. The van der Waals surface area contributed by atoms with Gasteiger partial charge in [-0.25, -0.2) is 0 Å². The number of amides is 1. The largest absolute Gasteiger partial charge is 0.481 e. The van der Waals surface area contributed by atoms with E-state index in [1.54, 1.807) is 6.20 Å². The highest BCUT2D eigenvalue weighted by Crippen LogP contribution is 2.54. The molecule has 0 aliphatic heterocycles. The van der Waals surface area contributed by atoms with Gasteiger partial charge >= 0.3 is 5.97 Å². The third-order valence-corrected chi connectivity index (χ3v) is 6.65. The average Bonchev–Trinajstić information content (AvgIpc) is 3.32. The van der Waals surface area contributed by atoms with Crippen LogP contribution in [0, 0.1) is 16.7 Å². The first kappa shape index (κ1) is 15.6. The summed E-state index contributed by atoms with van der Waals surface area (Å²) < 4.78 is 0. The molecule has 0 saturated heterocycles. The zero-order valence-corrected chi connectivity index (χ0v) is 13.8. The van der Waals surface area contributed by atoms with Crippen molar-refractivity contribution < 1.29 is 14.7 Å². The van der Waals surface area contributed by atoms with Gasteiger partial charge in [0.15, 0.2) is 0 Å². The van der Waals surface area contributed by atoms with Crippen molar-refractivity contribution in [3.63, 3.8) is 0 Å². The molecule has 3 unspecified atom stereocenters. The van der Waals surface area contributed by atoms with Crippen LogP contribution in [0.25, 0.3) is 0 Å². The smallest absolute Gasteiger partial charge is 0.311 e. The maximum absolute atomic E-state index is 13.1. The highest BCUT2D eigenvalue weighted by Gasteiger charge is 2.58. The number of carboxylic acids is 1. The first-order chi connectivity index (χ1) is 11.5. The second-order valence-corrected chi connectivity index (χ2v) is 7.96. The maximum atomic E-state index is 13.1. The highest BCUT2D eigenvalue weighted by molar-refractivity contribution is 5.85. The molecule has 7 nitrogen and oxygen atoms in total. The van der Waals surface area contributed by atoms with Gasteiger partial charge in [0.05, 0.1) is 22.7 Å². The van der Waals surface area contributed by atoms with Crippen molar-refractivity contribution in [2.45, 2.75) is 63.8 Å². The lowest BCUT2D eigenvalue weighted by Crippen LogP contribution is -2.53. The average molecular weight is 332 g/mol. The molecule has 3 fully saturated rings. The summed E-state index contributed by atoms with van der Waals surface area (Å²) >= 11 is 0. The Bertz CT molecular complexity index is 638. The fourth-order valence-electron chi connectivity index (χ4n) is 5.30. The van der Waals surface area contributed by atoms with Gasteiger partial charge in [0.25, 0.3) is 0 Å². The molecule has 1 aromatic rings. The number of hydrogen-bond acceptors (Lipinski definition) is 4. The van der Waals surface area contributed by atoms with Gasteiger partial charge in [-0.2, -0.15) is 15.4 Å². The summed E-state index contributed by atoms with van der Waals surface area (Å²) in [4.78, 5) is 25.0. The second-order valence-electron chi connectivity index (χ2n) is 7.96. The summed E-state index contributed by atoms with van der Waals surface area (Å²) in [7, 11) is 0. The van der Waals surface area contributed by atoms with Gasteiger partial charge in [-0.15, -0.1) is 0 Å². The van der Waals surface area contributed by atoms with Crippen LogP contribution < -0.4 is 5.32 Å². The molecule has 0 radical (unpaired) electrons. The predicted molar refractivity (Wildman–Crippen MR) is 84.9 cm³/mol. The van der Waals surface area contributed by atoms with E-state index < -0.39 is 16.8 Å². The molecule has 24 heavy (non-hydrogen) atoms. The second kappa shape index (κ2) is 5.57. The van der Waals surface area contributed by atoms with Crippen molar-refractivity contribution in [2.75, 3.05) is 0 Å². The molecule has 0 aromatic carbocycles. The third-order valence-electron chi connectivity index (χ3n) is 6.65. The van der Waals surface area contributed by atoms with E-state index in [-0.39, 0.29) is 11.9 Å². The fraction of sp³-hybridized carbons (Fsp3) is 0.765. The number of aromatic amines is 1. The van der Waals surface area contributed by atoms with E-state index in [4.69, 9.17) is 0 Å². The zero-order valence-electron chi connectivity index (χ0n) is 13.8. The van der Waals surface area contributed by atoms with Crippen molar-refractivity contribution in [3.05, 3.63) is 11.9 Å². The Morgan fingerprint density at radius 3 is 2.75 bits per heavy atom. The Balaban J connectivity index is 1.53. The third kappa shape index (κ3) is 2.32. The van der Waals surface area contributed by atoms with Crippen LogP contribution in [0.1, 0.15) is 57.1 Å².